The molecule has 0 spiro atoms. The van der Waals surface area contributed by atoms with E-state index in [0.717, 1.165) is 34.5 Å². The maximum atomic E-state index is 13.9. The van der Waals surface area contributed by atoms with E-state index in [1.807, 2.05) is 55.5 Å². The second kappa shape index (κ2) is 13.2. The summed E-state index contributed by atoms with van der Waals surface area (Å²) in [7, 11) is 0. The number of nitrogens with one attached hydrogen (secondary N) is 1. The predicted molar refractivity (Wildman–Crippen MR) is 153 cm³/mol. The number of rotatable bonds is 9. The molecule has 0 radical (unpaired) electrons. The first kappa shape index (κ1) is 30.0. The molecule has 0 atom stereocenters. The summed E-state index contributed by atoms with van der Waals surface area (Å²) in [6.07, 6.45) is 2.06. The van der Waals surface area contributed by atoms with Crippen molar-refractivity contribution in [2.75, 3.05) is 6.79 Å². The summed E-state index contributed by atoms with van der Waals surface area (Å²) in [5.74, 6) is 2.38. The molecule has 42 heavy (non-hydrogen) atoms. The Bertz CT molecular complexity index is 1830. The molecule has 11 heteroatoms. The average molecular weight is 593 g/mol. The summed E-state index contributed by atoms with van der Waals surface area (Å²) in [5.41, 5.74) is 3.88. The van der Waals surface area contributed by atoms with E-state index in [1.54, 1.807) is 22.8 Å². The third-order valence-corrected chi connectivity index (χ3v) is 6.88. The van der Waals surface area contributed by atoms with Gasteiger partial charge < -0.3 is 15.6 Å². The second-order valence-corrected chi connectivity index (χ2v) is 9.60. The van der Waals surface area contributed by atoms with Gasteiger partial charge in [-0.3, -0.25) is 18.9 Å². The Labute approximate surface area is 285 Å². The van der Waals surface area contributed by atoms with Gasteiger partial charge in [0.1, 0.15) is 11.6 Å². The van der Waals surface area contributed by atoms with Gasteiger partial charge in [-0.15, -0.1) is 0 Å². The van der Waals surface area contributed by atoms with Gasteiger partial charge in [0.05, 0.1) is 12.2 Å². The molecule has 0 saturated heterocycles. The Morgan fingerprint density at radius 1 is 0.976 bits per heavy atom. The van der Waals surface area contributed by atoms with Gasteiger partial charge in [0.2, 0.25) is 12.5 Å². The number of aromatic amines is 1. The van der Waals surface area contributed by atoms with Gasteiger partial charge in [-0.1, -0.05) is 67.5 Å². The third kappa shape index (κ3) is 6.15. The molecule has 2 aromatic heterocycles. The molecule has 0 saturated carbocycles. The zero-order valence-corrected chi connectivity index (χ0v) is 26.8. The molecule has 210 valence electrons. The summed E-state index contributed by atoms with van der Waals surface area (Å²) < 4.78 is 23.4. The minimum absolute atomic E-state index is 0. The number of aromatic nitrogens is 4. The second-order valence-electron chi connectivity index (χ2n) is 9.60. The number of fused-ring (bicyclic) bond motifs is 1. The maximum absolute atomic E-state index is 13.9. The Kier molecular flexibility index (Phi) is 9.44. The molecule has 0 amide bonds. The van der Waals surface area contributed by atoms with Crippen molar-refractivity contribution in [1.82, 2.24) is 19.7 Å². The van der Waals surface area contributed by atoms with Crippen LogP contribution in [0, 0.1) is 0 Å². The van der Waals surface area contributed by atoms with Gasteiger partial charge in [-0.05, 0) is 41.7 Å². The van der Waals surface area contributed by atoms with E-state index in [4.69, 9.17) is 23.7 Å². The number of ether oxygens (including phenoxy) is 3. The minimum Gasteiger partial charge on any atom is -1.00 e. The molecule has 0 unspecified atom stereocenters. The fourth-order valence-corrected chi connectivity index (χ4v) is 4.87. The van der Waals surface area contributed by atoms with Gasteiger partial charge in [0.25, 0.3) is 5.56 Å². The SMILES string of the molecule is CCCc1nc(CC)c(Oc2ccc3c(c2)OCO3)c(=O)n1Cc1ccc(-c2ccccc2-c2noc(=O)[nH]2)cc1.[H-].[K+]. The van der Waals surface area contributed by atoms with Crippen LogP contribution >= 0.6 is 0 Å². The van der Waals surface area contributed by atoms with E-state index in [1.165, 1.54) is 0 Å². The van der Waals surface area contributed by atoms with E-state index >= 15 is 0 Å². The summed E-state index contributed by atoms with van der Waals surface area (Å²) >= 11 is 0. The summed E-state index contributed by atoms with van der Waals surface area (Å²) in [6, 6.07) is 20.8. The molecule has 1 N–H and O–H groups in total. The van der Waals surface area contributed by atoms with Crippen LogP contribution in [0.25, 0.3) is 22.5 Å². The van der Waals surface area contributed by atoms with E-state index < -0.39 is 5.76 Å². The van der Waals surface area contributed by atoms with Gasteiger partial charge in [0, 0.05) is 18.1 Å². The molecule has 0 aliphatic carbocycles. The molecule has 0 fully saturated rings. The number of nitrogens with zero attached hydrogens (tertiary/aromatic N) is 3. The molecule has 5 aromatic rings. The summed E-state index contributed by atoms with van der Waals surface area (Å²) in [5, 5.41) is 3.84. The van der Waals surface area contributed by atoms with Crippen molar-refractivity contribution in [3.05, 3.63) is 105 Å². The first-order valence-corrected chi connectivity index (χ1v) is 13.5. The standard InChI is InChI=1S/C31H28N4O6.K.H/c1-3-7-27-32-24(4-2)28(40-21-14-15-25-26(16-21)39-18-38-25)30(36)35(27)17-19-10-12-20(13-11-19)22-8-5-6-9-23(22)29-33-31(37)41-34-29;;/h5-6,8-16H,3-4,7,17-18H2,1-2H3,(H,33,34,37);;/q;+1;-1. The molecular weight excluding hydrogens is 563 g/mol. The summed E-state index contributed by atoms with van der Waals surface area (Å²) in [6.45, 7) is 4.51. The largest absolute Gasteiger partial charge is 1.00 e. The normalized spacial score (nSPS) is 11.8. The smallest absolute Gasteiger partial charge is 1.00 e. The number of hydrogen-bond acceptors (Lipinski definition) is 8. The van der Waals surface area contributed by atoms with Crippen molar-refractivity contribution in [2.24, 2.45) is 0 Å². The van der Waals surface area contributed by atoms with Crippen molar-refractivity contribution in [3.8, 4) is 45.5 Å². The van der Waals surface area contributed by atoms with Crippen LogP contribution in [-0.2, 0) is 19.4 Å². The van der Waals surface area contributed by atoms with Crippen LogP contribution < -0.4 is 76.9 Å². The Hall–Kier alpha value is -3.48. The quantitative estimate of drug-likeness (QED) is 0.259. The maximum Gasteiger partial charge on any atom is 1.00 e. The van der Waals surface area contributed by atoms with Crippen molar-refractivity contribution in [3.63, 3.8) is 0 Å². The van der Waals surface area contributed by atoms with Crippen LogP contribution in [-0.4, -0.2) is 26.5 Å². The van der Waals surface area contributed by atoms with Crippen LogP contribution in [0.15, 0.2) is 80.8 Å². The predicted octanol–water partition coefficient (Wildman–Crippen LogP) is 2.45. The van der Waals surface area contributed by atoms with Crippen LogP contribution in [0.3, 0.4) is 0 Å². The Morgan fingerprint density at radius 2 is 1.74 bits per heavy atom. The first-order valence-electron chi connectivity index (χ1n) is 13.5. The van der Waals surface area contributed by atoms with Gasteiger partial charge in [-0.25, -0.2) is 9.78 Å². The zero-order valence-electron chi connectivity index (χ0n) is 24.7. The molecule has 0 bridgehead atoms. The Morgan fingerprint density at radius 3 is 2.45 bits per heavy atom. The van der Waals surface area contributed by atoms with E-state index in [0.29, 0.717) is 48.2 Å². The number of benzene rings is 3. The van der Waals surface area contributed by atoms with Crippen molar-refractivity contribution in [1.29, 1.82) is 0 Å². The van der Waals surface area contributed by atoms with Crippen molar-refractivity contribution >= 4 is 0 Å². The fourth-order valence-electron chi connectivity index (χ4n) is 4.87. The van der Waals surface area contributed by atoms with Crippen LogP contribution in [0.5, 0.6) is 23.0 Å². The van der Waals surface area contributed by atoms with Crippen LogP contribution in [0.1, 0.15) is 38.8 Å². The minimum atomic E-state index is -0.608. The zero-order chi connectivity index (χ0) is 28.3. The Balaban J connectivity index is 0.00000212. The number of H-pyrrole nitrogens is 1. The molecule has 10 nitrogen and oxygen atoms in total. The van der Waals surface area contributed by atoms with Crippen molar-refractivity contribution < 1.29 is 71.5 Å². The monoisotopic (exact) mass is 592 g/mol. The number of aryl methyl sites for hydroxylation is 2. The molecule has 3 aromatic carbocycles. The van der Waals surface area contributed by atoms with E-state index in [9.17, 15) is 9.59 Å². The van der Waals surface area contributed by atoms with E-state index in [-0.39, 0.29) is 70.9 Å². The van der Waals surface area contributed by atoms with Gasteiger partial charge >= 0.3 is 57.1 Å². The van der Waals surface area contributed by atoms with Gasteiger partial charge in [0.15, 0.2) is 17.3 Å². The van der Waals surface area contributed by atoms with E-state index in [2.05, 4.69) is 17.1 Å². The van der Waals surface area contributed by atoms with Crippen molar-refractivity contribution in [2.45, 2.75) is 39.7 Å². The summed E-state index contributed by atoms with van der Waals surface area (Å²) in [4.78, 5) is 32.8. The molecule has 1 aliphatic rings. The first-order chi connectivity index (χ1) is 20.0. The van der Waals surface area contributed by atoms with Gasteiger partial charge in [-0.2, -0.15) is 0 Å². The van der Waals surface area contributed by atoms with Crippen LogP contribution in [0.2, 0.25) is 0 Å². The third-order valence-electron chi connectivity index (χ3n) is 6.88. The molecular formula is C31H29KN4O6. The molecule has 6 rings (SSSR count). The average Bonchev–Trinajstić information content (AvgIpc) is 3.65. The molecule has 1 aliphatic heterocycles. The molecule has 3 heterocycles. The van der Waals surface area contributed by atoms with Crippen LogP contribution in [0.4, 0.5) is 0 Å². The topological polar surface area (TPSA) is 121 Å². The fraction of sp³-hybridized carbons (Fsp3) is 0.226. The number of hydrogen-bond donors (Lipinski definition) is 1.